The lowest BCUT2D eigenvalue weighted by Crippen LogP contribution is -1.89. The van der Waals surface area contributed by atoms with E-state index in [0.717, 1.165) is 23.5 Å². The minimum Gasteiger partial charge on any atom is -0.455 e. The quantitative estimate of drug-likeness (QED) is 0.391. The van der Waals surface area contributed by atoms with Crippen molar-refractivity contribution in [1.82, 2.24) is 0 Å². The van der Waals surface area contributed by atoms with Crippen LogP contribution in [0.3, 0.4) is 0 Å². The number of hydrogen-bond acceptors (Lipinski definition) is 1. The maximum atomic E-state index is 6.39. The molecule has 0 unspecified atom stereocenters. The van der Waals surface area contributed by atoms with Gasteiger partial charge in [0.05, 0.1) is 3.57 Å². The molecule has 2 aromatic carbocycles. The summed E-state index contributed by atoms with van der Waals surface area (Å²) in [5.74, 6) is 2.03. The van der Waals surface area contributed by atoms with E-state index >= 15 is 0 Å². The summed E-state index contributed by atoms with van der Waals surface area (Å²) >= 11 is 2.45. The van der Waals surface area contributed by atoms with Gasteiger partial charge in [-0.25, -0.2) is 0 Å². The molecule has 3 rings (SSSR count). The molecular formula is C22H23IO. The number of furan rings is 1. The first-order valence-electron chi connectivity index (χ1n) is 8.55. The first kappa shape index (κ1) is 17.3. The van der Waals surface area contributed by atoms with Crippen molar-refractivity contribution in [3.63, 3.8) is 0 Å². The van der Waals surface area contributed by atoms with Crippen LogP contribution in [-0.4, -0.2) is 0 Å². The molecule has 0 spiro atoms. The molecule has 1 aromatic heterocycles. The van der Waals surface area contributed by atoms with Gasteiger partial charge in [0.2, 0.25) is 0 Å². The largest absolute Gasteiger partial charge is 0.455 e. The molecule has 0 amide bonds. The summed E-state index contributed by atoms with van der Waals surface area (Å²) in [5.41, 5.74) is 6.21. The molecule has 0 radical (unpaired) electrons. The van der Waals surface area contributed by atoms with Crippen LogP contribution < -0.4 is 0 Å². The second-order valence-corrected chi connectivity index (χ2v) is 7.47. The van der Waals surface area contributed by atoms with E-state index < -0.39 is 0 Å². The smallest absolute Gasteiger partial charge is 0.148 e. The van der Waals surface area contributed by atoms with Crippen LogP contribution >= 0.6 is 22.6 Å². The molecule has 0 saturated carbocycles. The molecule has 24 heavy (non-hydrogen) atoms. The maximum Gasteiger partial charge on any atom is 0.148 e. The molecule has 2 heteroatoms. The normalized spacial score (nSPS) is 11.0. The lowest BCUT2D eigenvalue weighted by atomic mass is 10.0. The molecule has 1 heterocycles. The molecule has 0 aliphatic carbocycles. The van der Waals surface area contributed by atoms with Crippen molar-refractivity contribution in [3.05, 3.63) is 68.8 Å². The highest BCUT2D eigenvalue weighted by Gasteiger charge is 2.20. The summed E-state index contributed by atoms with van der Waals surface area (Å²) in [4.78, 5) is 0. The maximum absolute atomic E-state index is 6.39. The summed E-state index contributed by atoms with van der Waals surface area (Å²) < 4.78 is 7.64. The Morgan fingerprint density at radius 3 is 1.79 bits per heavy atom. The lowest BCUT2D eigenvalue weighted by molar-refractivity contribution is 0.592. The van der Waals surface area contributed by atoms with Crippen molar-refractivity contribution < 1.29 is 4.42 Å². The Morgan fingerprint density at radius 2 is 1.29 bits per heavy atom. The van der Waals surface area contributed by atoms with Gasteiger partial charge >= 0.3 is 0 Å². The Kier molecular flexibility index (Phi) is 5.44. The molecule has 124 valence electrons. The zero-order chi connectivity index (χ0) is 17.1. The zero-order valence-corrected chi connectivity index (χ0v) is 16.7. The van der Waals surface area contributed by atoms with Crippen LogP contribution in [0.25, 0.3) is 22.6 Å². The Bertz CT molecular complexity index is 810. The van der Waals surface area contributed by atoms with Crippen molar-refractivity contribution in [2.24, 2.45) is 0 Å². The summed E-state index contributed by atoms with van der Waals surface area (Å²) in [5, 5.41) is 0. The first-order chi connectivity index (χ1) is 11.6. The fourth-order valence-corrected chi connectivity index (χ4v) is 3.79. The van der Waals surface area contributed by atoms with Crippen molar-refractivity contribution in [1.29, 1.82) is 0 Å². The Hall–Kier alpha value is -1.55. The summed E-state index contributed by atoms with van der Waals surface area (Å²) in [6, 6.07) is 17.2. The average Bonchev–Trinajstić information content (AvgIpc) is 2.91. The standard InChI is InChI=1S/C22H23IO/c1-4-5-6-19-20(23)22(18-13-9-16(3)10-14-18)24-21(19)17-11-7-15(2)8-12-17/h7-14H,4-6H2,1-3H3. The number of rotatable bonds is 5. The molecule has 0 fully saturated rings. The minimum atomic E-state index is 0.997. The molecule has 1 nitrogen and oxygen atoms in total. The topological polar surface area (TPSA) is 13.1 Å². The van der Waals surface area contributed by atoms with Crippen LogP contribution in [0.4, 0.5) is 0 Å². The highest BCUT2D eigenvalue weighted by atomic mass is 127. The first-order valence-corrected chi connectivity index (χ1v) is 9.63. The SMILES string of the molecule is CCCCc1c(-c2ccc(C)cc2)oc(-c2ccc(C)cc2)c1I. The predicted molar refractivity (Wildman–Crippen MR) is 110 cm³/mol. The van der Waals surface area contributed by atoms with E-state index in [1.165, 1.54) is 38.7 Å². The predicted octanol–water partition coefficient (Wildman–Crippen LogP) is 7.18. The molecule has 0 bridgehead atoms. The number of benzene rings is 2. The summed E-state index contributed by atoms with van der Waals surface area (Å²) in [6.45, 7) is 6.46. The third kappa shape index (κ3) is 3.59. The second kappa shape index (κ2) is 7.56. The van der Waals surface area contributed by atoms with Crippen LogP contribution in [0.1, 0.15) is 36.5 Å². The van der Waals surface area contributed by atoms with Gasteiger partial charge in [-0.05, 0) is 49.3 Å². The number of aryl methyl sites for hydroxylation is 2. The number of unbranched alkanes of at least 4 members (excludes halogenated alkanes) is 1. The van der Waals surface area contributed by atoms with Crippen molar-refractivity contribution in [2.75, 3.05) is 0 Å². The third-order valence-corrected chi connectivity index (χ3v) is 5.49. The van der Waals surface area contributed by atoms with Gasteiger partial charge in [0, 0.05) is 16.7 Å². The Morgan fingerprint density at radius 1 is 0.792 bits per heavy atom. The van der Waals surface area contributed by atoms with Gasteiger partial charge in [-0.3, -0.25) is 0 Å². The van der Waals surface area contributed by atoms with Crippen molar-refractivity contribution in [3.8, 4) is 22.6 Å². The van der Waals surface area contributed by atoms with E-state index in [0.29, 0.717) is 0 Å². The van der Waals surface area contributed by atoms with Gasteiger partial charge in [0.1, 0.15) is 11.5 Å². The summed E-state index contributed by atoms with van der Waals surface area (Å²) in [6.07, 6.45) is 3.43. The van der Waals surface area contributed by atoms with E-state index in [-0.39, 0.29) is 0 Å². The van der Waals surface area contributed by atoms with Crippen LogP contribution in [-0.2, 0) is 6.42 Å². The number of halogens is 1. The van der Waals surface area contributed by atoms with Gasteiger partial charge in [0.15, 0.2) is 0 Å². The molecule has 0 aliphatic heterocycles. The van der Waals surface area contributed by atoms with Crippen LogP contribution in [0.2, 0.25) is 0 Å². The van der Waals surface area contributed by atoms with Crippen LogP contribution in [0.5, 0.6) is 0 Å². The Balaban J connectivity index is 2.11. The monoisotopic (exact) mass is 430 g/mol. The van der Waals surface area contributed by atoms with Gasteiger partial charge < -0.3 is 4.42 Å². The second-order valence-electron chi connectivity index (χ2n) is 6.39. The number of hydrogen-bond donors (Lipinski definition) is 0. The van der Waals surface area contributed by atoms with Gasteiger partial charge in [-0.15, -0.1) is 0 Å². The van der Waals surface area contributed by atoms with E-state index in [1.807, 2.05) is 0 Å². The van der Waals surface area contributed by atoms with Gasteiger partial charge in [0.25, 0.3) is 0 Å². The van der Waals surface area contributed by atoms with Crippen molar-refractivity contribution >= 4 is 22.6 Å². The summed E-state index contributed by atoms with van der Waals surface area (Å²) in [7, 11) is 0. The van der Waals surface area contributed by atoms with E-state index in [4.69, 9.17) is 4.42 Å². The molecule has 0 atom stereocenters. The zero-order valence-electron chi connectivity index (χ0n) is 14.5. The molecular weight excluding hydrogens is 407 g/mol. The van der Waals surface area contributed by atoms with Crippen molar-refractivity contribution in [2.45, 2.75) is 40.0 Å². The molecule has 0 saturated heterocycles. The van der Waals surface area contributed by atoms with E-state index in [2.05, 4.69) is 91.9 Å². The van der Waals surface area contributed by atoms with Gasteiger partial charge in [-0.2, -0.15) is 0 Å². The van der Waals surface area contributed by atoms with Crippen LogP contribution in [0.15, 0.2) is 52.9 Å². The van der Waals surface area contributed by atoms with Crippen LogP contribution in [0, 0.1) is 17.4 Å². The highest BCUT2D eigenvalue weighted by molar-refractivity contribution is 14.1. The van der Waals surface area contributed by atoms with E-state index in [1.54, 1.807) is 0 Å². The minimum absolute atomic E-state index is 0.997. The molecule has 3 aromatic rings. The van der Waals surface area contributed by atoms with E-state index in [9.17, 15) is 0 Å². The Labute approximate surface area is 158 Å². The molecule has 0 aliphatic rings. The fraction of sp³-hybridized carbons (Fsp3) is 0.273. The third-order valence-electron chi connectivity index (χ3n) is 4.35. The highest BCUT2D eigenvalue weighted by Crippen LogP contribution is 2.39. The van der Waals surface area contributed by atoms with Gasteiger partial charge in [-0.1, -0.05) is 73.0 Å². The lowest BCUT2D eigenvalue weighted by Gasteiger charge is -2.03. The molecule has 0 N–H and O–H groups in total. The average molecular weight is 430 g/mol. The fourth-order valence-electron chi connectivity index (χ4n) is 2.85.